The third kappa shape index (κ3) is 6.23. The quantitative estimate of drug-likeness (QED) is 0.159. The van der Waals surface area contributed by atoms with Crippen molar-refractivity contribution in [2.24, 2.45) is 0 Å². The Morgan fingerprint density at radius 2 is 1.25 bits per heavy atom. The number of H-pyrrole nitrogens is 2. The van der Waals surface area contributed by atoms with E-state index in [4.69, 9.17) is 0 Å². The van der Waals surface area contributed by atoms with Gasteiger partial charge in [0.2, 0.25) is 0 Å². The van der Waals surface area contributed by atoms with Crippen molar-refractivity contribution in [3.63, 3.8) is 0 Å². The molecule has 4 aromatic carbocycles. The van der Waals surface area contributed by atoms with Crippen LogP contribution in [-0.4, -0.2) is 23.1 Å². The predicted molar refractivity (Wildman–Crippen MR) is 173 cm³/mol. The Bertz CT molecular complexity index is 1580. The van der Waals surface area contributed by atoms with Gasteiger partial charge in [0.25, 0.3) is 0 Å². The maximum Gasteiger partial charge on any atom is 0.0483 e. The van der Waals surface area contributed by atoms with Gasteiger partial charge in [-0.3, -0.25) is 0 Å². The van der Waals surface area contributed by atoms with E-state index in [1.807, 2.05) is 12.4 Å². The molecule has 2 aliphatic heterocycles. The third-order valence-electron chi connectivity index (χ3n) is 7.76. The first-order valence-corrected chi connectivity index (χ1v) is 14.2. The molecule has 0 saturated carbocycles. The fourth-order valence-corrected chi connectivity index (χ4v) is 5.52. The highest BCUT2D eigenvalue weighted by molar-refractivity contribution is 5.83. The van der Waals surface area contributed by atoms with Gasteiger partial charge in [-0.05, 0) is 104 Å². The topological polar surface area (TPSA) is 55.6 Å². The minimum atomic E-state index is 1.11. The fraction of sp³-hybridized carbons (Fsp3) is 0.222. The van der Waals surface area contributed by atoms with Gasteiger partial charge in [-0.25, -0.2) is 0 Å². The number of para-hydroxylation sites is 2. The molecule has 0 radical (unpaired) electrons. The van der Waals surface area contributed by atoms with E-state index in [0.29, 0.717) is 0 Å². The Hall–Kier alpha value is -4.44. The molecule has 0 amide bonds. The summed E-state index contributed by atoms with van der Waals surface area (Å²) in [5.41, 5.74) is 13.6. The third-order valence-corrected chi connectivity index (χ3v) is 7.76. The number of aryl methyl sites for hydroxylation is 4. The Balaban J connectivity index is 0.000000108. The zero-order valence-corrected chi connectivity index (χ0v) is 24.1. The summed E-state index contributed by atoms with van der Waals surface area (Å²) in [6.45, 7) is 10.8. The zero-order chi connectivity index (χ0) is 27.9. The summed E-state index contributed by atoms with van der Waals surface area (Å²) in [5.74, 6) is 0. The molecule has 0 saturated heterocycles. The highest BCUT2D eigenvalue weighted by Gasteiger charge is 2.10. The highest BCUT2D eigenvalue weighted by Crippen LogP contribution is 2.25. The van der Waals surface area contributed by atoms with Crippen LogP contribution in [0, 0.1) is 27.7 Å². The molecule has 0 atom stereocenters. The van der Waals surface area contributed by atoms with Crippen LogP contribution in [0.15, 0.2) is 97.3 Å². The normalized spacial score (nSPS) is 12.5. The molecule has 4 N–H and O–H groups in total. The van der Waals surface area contributed by atoms with E-state index in [-0.39, 0.29) is 0 Å². The van der Waals surface area contributed by atoms with Gasteiger partial charge in [-0.15, -0.1) is 0 Å². The van der Waals surface area contributed by atoms with Gasteiger partial charge in [0.15, 0.2) is 0 Å². The molecule has 8 rings (SSSR count). The maximum atomic E-state index is 3.37. The molecule has 4 heteroatoms. The van der Waals surface area contributed by atoms with Crippen LogP contribution in [0.1, 0.15) is 33.4 Å². The molecule has 0 spiro atoms. The lowest BCUT2D eigenvalue weighted by Crippen LogP contribution is -1.92. The van der Waals surface area contributed by atoms with Crippen molar-refractivity contribution in [2.75, 3.05) is 23.7 Å². The smallest absolute Gasteiger partial charge is 0.0483 e. The van der Waals surface area contributed by atoms with Crippen LogP contribution in [0.2, 0.25) is 0 Å². The molecule has 40 heavy (non-hydrogen) atoms. The fourth-order valence-electron chi connectivity index (χ4n) is 5.52. The van der Waals surface area contributed by atoms with E-state index >= 15 is 0 Å². The molecule has 6 aromatic rings. The van der Waals surface area contributed by atoms with E-state index in [0.717, 1.165) is 13.1 Å². The summed E-state index contributed by atoms with van der Waals surface area (Å²) in [5, 5.41) is 9.32. The molecule has 0 unspecified atom stereocenters. The number of aromatic nitrogens is 2. The molecule has 2 aliphatic rings. The van der Waals surface area contributed by atoms with Crippen LogP contribution in [-0.2, 0) is 12.8 Å². The van der Waals surface area contributed by atoms with Gasteiger partial charge < -0.3 is 20.6 Å². The summed E-state index contributed by atoms with van der Waals surface area (Å²) < 4.78 is 0. The average Bonchev–Trinajstić information content (AvgIpc) is 3.77. The van der Waals surface area contributed by atoms with E-state index in [1.165, 1.54) is 79.4 Å². The first-order chi connectivity index (χ1) is 19.5. The van der Waals surface area contributed by atoms with Crippen LogP contribution < -0.4 is 10.6 Å². The Kier molecular flexibility index (Phi) is 8.56. The molecule has 0 bridgehead atoms. The van der Waals surface area contributed by atoms with Crippen molar-refractivity contribution in [1.82, 2.24) is 9.97 Å². The van der Waals surface area contributed by atoms with Crippen molar-refractivity contribution in [1.29, 1.82) is 0 Å². The number of anilines is 2. The average molecular weight is 529 g/mol. The largest absolute Gasteiger partial charge is 0.384 e. The highest BCUT2D eigenvalue weighted by atomic mass is 14.9. The van der Waals surface area contributed by atoms with E-state index in [2.05, 4.69) is 133 Å². The second-order valence-corrected chi connectivity index (χ2v) is 10.6. The van der Waals surface area contributed by atoms with Crippen LogP contribution in [0.3, 0.4) is 0 Å². The van der Waals surface area contributed by atoms with E-state index in [9.17, 15) is 0 Å². The van der Waals surface area contributed by atoms with Crippen molar-refractivity contribution in [3.05, 3.63) is 131 Å². The lowest BCUT2D eigenvalue weighted by molar-refractivity contribution is 1.09. The van der Waals surface area contributed by atoms with E-state index in [1.54, 1.807) is 0 Å². The molecule has 204 valence electrons. The molecule has 4 nitrogen and oxygen atoms in total. The van der Waals surface area contributed by atoms with Gasteiger partial charge in [-0.2, -0.15) is 0 Å². The van der Waals surface area contributed by atoms with Gasteiger partial charge in [0.1, 0.15) is 0 Å². The zero-order valence-electron chi connectivity index (χ0n) is 24.1. The number of nitrogens with one attached hydrogen (secondary N) is 4. The first kappa shape index (κ1) is 27.1. The van der Waals surface area contributed by atoms with Gasteiger partial charge in [-0.1, -0.05) is 60.7 Å². The second-order valence-electron chi connectivity index (χ2n) is 10.6. The SMILES string of the molecule is Cc1cccc2[nH]ccc12.Cc1cccc2c1CCN2.Cc1cccc2c1NCC2.Cc1cccc2cc[nH]c12. The summed E-state index contributed by atoms with van der Waals surface area (Å²) in [6.07, 6.45) is 6.33. The molecule has 0 aliphatic carbocycles. The van der Waals surface area contributed by atoms with Gasteiger partial charge in [0.05, 0.1) is 0 Å². The second kappa shape index (κ2) is 12.6. The number of hydrogen-bond acceptors (Lipinski definition) is 2. The molecular formula is C36H40N4. The summed E-state index contributed by atoms with van der Waals surface area (Å²) in [7, 11) is 0. The Morgan fingerprint density at radius 1 is 0.550 bits per heavy atom. The van der Waals surface area contributed by atoms with E-state index < -0.39 is 0 Å². The van der Waals surface area contributed by atoms with Gasteiger partial charge >= 0.3 is 0 Å². The lowest BCUT2D eigenvalue weighted by Gasteiger charge is -2.01. The Labute approximate surface area is 237 Å². The molecular weight excluding hydrogens is 488 g/mol. The van der Waals surface area contributed by atoms with Crippen LogP contribution in [0.25, 0.3) is 21.8 Å². The standard InChI is InChI=1S/C9H11N.C9H9N.C9H11N.C9H9N/c2*1-7-3-2-4-9-8(7)5-6-10-9;2*1-7-3-2-4-8-5-6-10-9(7)8/h2-4,10H,5-6H2,1H3;2-6,10H,1H3;2-4,10H,5-6H2,1H3;2-6,10H,1H3. The van der Waals surface area contributed by atoms with Crippen LogP contribution >= 0.6 is 0 Å². The van der Waals surface area contributed by atoms with Crippen LogP contribution in [0.4, 0.5) is 11.4 Å². The predicted octanol–water partition coefficient (Wildman–Crippen LogP) is 8.88. The molecule has 0 fully saturated rings. The summed E-state index contributed by atoms with van der Waals surface area (Å²) >= 11 is 0. The minimum absolute atomic E-state index is 1.11. The van der Waals surface area contributed by atoms with Crippen molar-refractivity contribution in [2.45, 2.75) is 40.5 Å². The number of hydrogen-bond donors (Lipinski definition) is 4. The summed E-state index contributed by atoms with van der Waals surface area (Å²) in [6, 6.07) is 29.6. The number of fused-ring (bicyclic) bond motifs is 4. The molecule has 2 aromatic heterocycles. The Morgan fingerprint density at radius 3 is 2.05 bits per heavy atom. The number of aromatic amines is 2. The van der Waals surface area contributed by atoms with Crippen molar-refractivity contribution in [3.8, 4) is 0 Å². The maximum absolute atomic E-state index is 3.37. The van der Waals surface area contributed by atoms with Crippen molar-refractivity contribution >= 4 is 33.2 Å². The number of benzene rings is 4. The molecule has 4 heterocycles. The van der Waals surface area contributed by atoms with Gasteiger partial charge in [0, 0.05) is 53.3 Å². The minimum Gasteiger partial charge on any atom is -0.384 e. The lowest BCUT2D eigenvalue weighted by atomic mass is 10.1. The summed E-state index contributed by atoms with van der Waals surface area (Å²) in [4.78, 5) is 6.35. The monoisotopic (exact) mass is 528 g/mol. The number of rotatable bonds is 0. The van der Waals surface area contributed by atoms with Crippen molar-refractivity contribution < 1.29 is 0 Å². The first-order valence-electron chi connectivity index (χ1n) is 14.2. The van der Waals surface area contributed by atoms with Crippen LogP contribution in [0.5, 0.6) is 0 Å².